The topological polar surface area (TPSA) is 72.0 Å². The Balaban J connectivity index is 1.32. The van der Waals surface area contributed by atoms with Crippen molar-refractivity contribution in [2.24, 2.45) is 0 Å². The largest absolute Gasteiger partial charge is 0.301 e. The summed E-state index contributed by atoms with van der Waals surface area (Å²) >= 11 is 2.92. The van der Waals surface area contributed by atoms with Crippen LogP contribution in [0.2, 0.25) is 0 Å². The van der Waals surface area contributed by atoms with Gasteiger partial charge in [-0.25, -0.2) is 0 Å². The molecule has 0 unspecified atom stereocenters. The van der Waals surface area contributed by atoms with Gasteiger partial charge in [0.25, 0.3) is 0 Å². The summed E-state index contributed by atoms with van der Waals surface area (Å²) in [7, 11) is 0. The van der Waals surface area contributed by atoms with Crippen molar-refractivity contribution in [3.05, 3.63) is 52.4 Å². The van der Waals surface area contributed by atoms with Crippen LogP contribution in [0, 0.1) is 0 Å². The van der Waals surface area contributed by atoms with Gasteiger partial charge in [-0.2, -0.15) is 0 Å². The lowest BCUT2D eigenvalue weighted by Crippen LogP contribution is -2.14. The molecule has 0 saturated carbocycles. The number of thiophene rings is 1. The fourth-order valence-corrected chi connectivity index (χ4v) is 4.79. The lowest BCUT2D eigenvalue weighted by molar-refractivity contribution is -0.116. The summed E-state index contributed by atoms with van der Waals surface area (Å²) in [4.78, 5) is 25.6. The van der Waals surface area contributed by atoms with E-state index in [-0.39, 0.29) is 24.5 Å². The monoisotopic (exact) mass is 397 g/mol. The highest BCUT2D eigenvalue weighted by Crippen LogP contribution is 2.29. The van der Waals surface area contributed by atoms with Crippen molar-refractivity contribution >= 4 is 39.5 Å². The van der Waals surface area contributed by atoms with Gasteiger partial charge in [0.15, 0.2) is 10.8 Å². The normalized spacial score (nSPS) is 13.2. The molecule has 0 saturated heterocycles. The van der Waals surface area contributed by atoms with Gasteiger partial charge < -0.3 is 5.32 Å². The number of ketones is 1. The summed E-state index contributed by atoms with van der Waals surface area (Å²) in [5, 5.41) is 14.1. The summed E-state index contributed by atoms with van der Waals surface area (Å²) < 4.78 is 0. The Morgan fingerprint density at radius 2 is 1.89 bits per heavy atom. The van der Waals surface area contributed by atoms with Crippen LogP contribution >= 0.6 is 22.7 Å². The first kappa shape index (κ1) is 18.0. The van der Waals surface area contributed by atoms with Gasteiger partial charge in [0.05, 0.1) is 4.88 Å². The molecule has 0 atom stereocenters. The van der Waals surface area contributed by atoms with Crippen molar-refractivity contribution < 1.29 is 9.59 Å². The lowest BCUT2D eigenvalue weighted by atomic mass is 9.89. The van der Waals surface area contributed by atoms with Crippen LogP contribution in [0.1, 0.15) is 47.2 Å². The number of carbonyl (C=O) groups excluding carboxylic acids is 2. The highest BCUT2D eigenvalue weighted by atomic mass is 32.1. The van der Waals surface area contributed by atoms with Crippen LogP contribution < -0.4 is 5.32 Å². The number of Topliss-reactive ketones (excluding diaryl/α,β-unsaturated/α-hetero) is 1. The number of carbonyl (C=O) groups is 2. The van der Waals surface area contributed by atoms with Gasteiger partial charge in [-0.3, -0.25) is 9.59 Å². The molecule has 0 bridgehead atoms. The summed E-state index contributed by atoms with van der Waals surface area (Å²) in [6.07, 6.45) is 4.88. The molecule has 5 nitrogen and oxygen atoms in total. The van der Waals surface area contributed by atoms with E-state index in [1.54, 1.807) is 11.3 Å². The molecule has 0 fully saturated rings. The van der Waals surface area contributed by atoms with Crippen LogP contribution in [0.4, 0.5) is 5.13 Å². The summed E-state index contributed by atoms with van der Waals surface area (Å²) in [5.74, 6) is -0.203. The quantitative estimate of drug-likeness (QED) is 0.610. The van der Waals surface area contributed by atoms with Crippen molar-refractivity contribution in [2.75, 3.05) is 5.32 Å². The van der Waals surface area contributed by atoms with E-state index < -0.39 is 0 Å². The van der Waals surface area contributed by atoms with Crippen molar-refractivity contribution in [1.82, 2.24) is 10.2 Å². The predicted molar refractivity (Wildman–Crippen MR) is 109 cm³/mol. The van der Waals surface area contributed by atoms with Crippen molar-refractivity contribution in [3.63, 3.8) is 0 Å². The molecule has 7 heteroatoms. The summed E-state index contributed by atoms with van der Waals surface area (Å²) in [6.45, 7) is 0. The van der Waals surface area contributed by atoms with E-state index in [0.29, 0.717) is 10.7 Å². The van der Waals surface area contributed by atoms with E-state index in [2.05, 4.69) is 21.6 Å². The maximum atomic E-state index is 12.4. The van der Waals surface area contributed by atoms with E-state index in [1.807, 2.05) is 29.6 Å². The smallest absolute Gasteiger partial charge is 0.226 e. The van der Waals surface area contributed by atoms with Crippen LogP contribution in [0.25, 0.3) is 9.88 Å². The van der Waals surface area contributed by atoms with Gasteiger partial charge in [-0.05, 0) is 54.3 Å². The van der Waals surface area contributed by atoms with Gasteiger partial charge in [0, 0.05) is 18.4 Å². The number of hydrogen-bond donors (Lipinski definition) is 1. The molecule has 2 aromatic heterocycles. The Labute approximate surface area is 165 Å². The zero-order valence-corrected chi connectivity index (χ0v) is 16.4. The molecule has 138 valence electrons. The third-order valence-electron chi connectivity index (χ3n) is 4.65. The minimum atomic E-state index is -0.213. The number of fused-ring (bicyclic) bond motifs is 1. The first-order chi connectivity index (χ1) is 13.2. The standard InChI is InChI=1S/C20H19N3O2S2/c24-16(15-8-7-13-4-1-2-5-14(13)12-15)9-10-18(25)21-20-23-22-19(27-20)17-6-3-11-26-17/h3,6-8,11-12H,1-2,4-5,9-10H2,(H,21,23,25). The molecular formula is C20H19N3O2S2. The van der Waals surface area contributed by atoms with Gasteiger partial charge >= 0.3 is 0 Å². The third kappa shape index (κ3) is 4.31. The van der Waals surface area contributed by atoms with E-state index in [0.717, 1.165) is 22.7 Å². The Bertz CT molecular complexity index is 964. The number of hydrogen-bond acceptors (Lipinski definition) is 6. The highest BCUT2D eigenvalue weighted by molar-refractivity contribution is 7.23. The van der Waals surface area contributed by atoms with Crippen LogP contribution in [0.15, 0.2) is 35.7 Å². The summed E-state index contributed by atoms with van der Waals surface area (Å²) in [5.41, 5.74) is 3.35. The van der Waals surface area contributed by atoms with E-state index in [9.17, 15) is 9.59 Å². The third-order valence-corrected chi connectivity index (χ3v) is 6.53. The average molecular weight is 398 g/mol. The molecule has 4 rings (SSSR count). The second kappa shape index (κ2) is 8.10. The van der Waals surface area contributed by atoms with E-state index >= 15 is 0 Å². The Morgan fingerprint density at radius 3 is 2.70 bits per heavy atom. The second-order valence-electron chi connectivity index (χ2n) is 6.55. The van der Waals surface area contributed by atoms with Crippen molar-refractivity contribution in [1.29, 1.82) is 0 Å². The minimum Gasteiger partial charge on any atom is -0.301 e. The van der Waals surface area contributed by atoms with E-state index in [4.69, 9.17) is 0 Å². The van der Waals surface area contributed by atoms with Gasteiger partial charge in [0.1, 0.15) is 0 Å². The molecule has 3 aromatic rings. The molecule has 1 N–H and O–H groups in total. The molecule has 0 spiro atoms. The zero-order chi connectivity index (χ0) is 18.6. The van der Waals surface area contributed by atoms with Crippen LogP contribution in [0.3, 0.4) is 0 Å². The molecule has 27 heavy (non-hydrogen) atoms. The Kier molecular flexibility index (Phi) is 5.40. The first-order valence-corrected chi connectivity index (χ1v) is 10.7. The number of anilines is 1. The lowest BCUT2D eigenvalue weighted by Gasteiger charge is -2.16. The molecule has 1 aliphatic carbocycles. The maximum Gasteiger partial charge on any atom is 0.226 e. The van der Waals surface area contributed by atoms with Crippen LogP contribution in [-0.2, 0) is 17.6 Å². The predicted octanol–water partition coefficient (Wildman–Crippen LogP) is 4.75. The molecule has 1 amide bonds. The van der Waals surface area contributed by atoms with Gasteiger partial charge in [0.2, 0.25) is 11.0 Å². The first-order valence-electron chi connectivity index (χ1n) is 9.01. The number of nitrogens with one attached hydrogen (secondary N) is 1. The SMILES string of the molecule is O=C(CCC(=O)c1ccc2c(c1)CCCC2)Nc1nnc(-c2cccs2)s1. The van der Waals surface area contributed by atoms with Gasteiger partial charge in [-0.15, -0.1) is 21.5 Å². The number of amides is 1. The molecule has 1 aliphatic rings. The Hall–Kier alpha value is -2.38. The second-order valence-corrected chi connectivity index (χ2v) is 8.48. The number of nitrogens with zero attached hydrogens (tertiary/aromatic N) is 2. The van der Waals surface area contributed by atoms with Crippen LogP contribution in [0.5, 0.6) is 0 Å². The minimum absolute atomic E-state index is 0.00932. The van der Waals surface area contributed by atoms with Crippen LogP contribution in [-0.4, -0.2) is 21.9 Å². The molecule has 0 radical (unpaired) electrons. The zero-order valence-electron chi connectivity index (χ0n) is 14.7. The van der Waals surface area contributed by atoms with Crippen molar-refractivity contribution in [2.45, 2.75) is 38.5 Å². The number of benzene rings is 1. The summed E-state index contributed by atoms with van der Waals surface area (Å²) in [6, 6.07) is 9.88. The molecular weight excluding hydrogens is 378 g/mol. The average Bonchev–Trinajstić information content (AvgIpc) is 3.37. The number of rotatable bonds is 6. The molecule has 2 heterocycles. The van der Waals surface area contributed by atoms with Crippen molar-refractivity contribution in [3.8, 4) is 9.88 Å². The van der Waals surface area contributed by atoms with Gasteiger partial charge in [-0.1, -0.05) is 29.5 Å². The Morgan fingerprint density at radius 1 is 1.04 bits per heavy atom. The highest BCUT2D eigenvalue weighted by Gasteiger charge is 2.15. The fraction of sp³-hybridized carbons (Fsp3) is 0.300. The number of aryl methyl sites for hydroxylation is 2. The molecule has 0 aliphatic heterocycles. The molecule has 1 aromatic carbocycles. The van der Waals surface area contributed by atoms with E-state index in [1.165, 1.54) is 35.3 Å². The maximum absolute atomic E-state index is 12.4. The fourth-order valence-electron chi connectivity index (χ4n) is 3.23. The number of aromatic nitrogens is 2.